The van der Waals surface area contributed by atoms with E-state index in [1.54, 1.807) is 6.07 Å². The number of nitrogens with two attached hydrogens (primary N) is 1. The lowest BCUT2D eigenvalue weighted by molar-refractivity contribution is 0.265. The molecule has 0 fully saturated rings. The molecular formula is C9H9FINO. The van der Waals surface area contributed by atoms with Gasteiger partial charge in [0.25, 0.3) is 0 Å². The highest BCUT2D eigenvalue weighted by molar-refractivity contribution is 14.1. The minimum Gasteiger partial charge on any atom is -0.492 e. The van der Waals surface area contributed by atoms with Gasteiger partial charge in [0, 0.05) is 18.0 Å². The minimum absolute atomic E-state index is 0.0159. The SMILES string of the molecule is N[C@H]1CCOc2c1ccc(F)c2I. The summed E-state index contributed by atoms with van der Waals surface area (Å²) in [5.74, 6) is 0.382. The summed E-state index contributed by atoms with van der Waals surface area (Å²) in [6, 6.07) is 3.13. The summed E-state index contributed by atoms with van der Waals surface area (Å²) in [6.45, 7) is 0.577. The molecule has 0 saturated heterocycles. The Morgan fingerprint density at radius 3 is 3.08 bits per heavy atom. The molecule has 0 aromatic heterocycles. The van der Waals surface area contributed by atoms with Crippen molar-refractivity contribution in [3.05, 3.63) is 27.1 Å². The van der Waals surface area contributed by atoms with Crippen LogP contribution >= 0.6 is 22.6 Å². The number of ether oxygens (including phenoxy) is 1. The van der Waals surface area contributed by atoms with Crippen LogP contribution in [0.4, 0.5) is 4.39 Å². The van der Waals surface area contributed by atoms with Gasteiger partial charge in [-0.25, -0.2) is 4.39 Å². The standard InChI is InChI=1S/C9H9FINO/c10-6-2-1-5-7(12)3-4-13-9(5)8(6)11/h1-2,7H,3-4,12H2/t7-/m0/s1. The van der Waals surface area contributed by atoms with Gasteiger partial charge in [-0.3, -0.25) is 0 Å². The lowest BCUT2D eigenvalue weighted by Crippen LogP contribution is -2.21. The normalized spacial score (nSPS) is 20.7. The van der Waals surface area contributed by atoms with Gasteiger partial charge in [0.2, 0.25) is 0 Å². The van der Waals surface area contributed by atoms with Crippen molar-refractivity contribution in [2.75, 3.05) is 6.61 Å². The lowest BCUT2D eigenvalue weighted by atomic mass is 10.0. The van der Waals surface area contributed by atoms with Crippen molar-refractivity contribution < 1.29 is 9.13 Å². The van der Waals surface area contributed by atoms with E-state index in [-0.39, 0.29) is 11.9 Å². The van der Waals surface area contributed by atoms with E-state index in [1.807, 2.05) is 22.6 Å². The van der Waals surface area contributed by atoms with E-state index in [4.69, 9.17) is 10.5 Å². The summed E-state index contributed by atoms with van der Waals surface area (Å²) in [4.78, 5) is 0. The highest BCUT2D eigenvalue weighted by Gasteiger charge is 2.21. The molecule has 4 heteroatoms. The molecule has 1 aromatic carbocycles. The fourth-order valence-electron chi connectivity index (χ4n) is 1.43. The highest BCUT2D eigenvalue weighted by Crippen LogP contribution is 2.35. The van der Waals surface area contributed by atoms with Crippen molar-refractivity contribution in [2.24, 2.45) is 5.73 Å². The van der Waals surface area contributed by atoms with E-state index >= 15 is 0 Å². The van der Waals surface area contributed by atoms with Gasteiger partial charge in [-0.15, -0.1) is 0 Å². The first-order chi connectivity index (χ1) is 6.20. The fourth-order valence-corrected chi connectivity index (χ4v) is 2.08. The molecule has 0 saturated carbocycles. The molecule has 2 rings (SSSR count). The Bertz CT molecular complexity index is 343. The van der Waals surface area contributed by atoms with Gasteiger partial charge in [0.1, 0.15) is 11.6 Å². The van der Waals surface area contributed by atoms with Crippen LogP contribution < -0.4 is 10.5 Å². The van der Waals surface area contributed by atoms with E-state index in [2.05, 4.69) is 0 Å². The van der Waals surface area contributed by atoms with Crippen LogP contribution in [0.2, 0.25) is 0 Å². The second kappa shape index (κ2) is 3.42. The van der Waals surface area contributed by atoms with Gasteiger partial charge in [-0.1, -0.05) is 6.07 Å². The molecule has 70 valence electrons. The molecule has 1 aliphatic heterocycles. The molecule has 1 aromatic rings. The molecule has 2 nitrogen and oxygen atoms in total. The first-order valence-corrected chi connectivity index (χ1v) is 5.14. The molecule has 1 heterocycles. The Balaban J connectivity index is 2.56. The number of hydrogen-bond donors (Lipinski definition) is 1. The second-order valence-corrected chi connectivity index (χ2v) is 4.10. The van der Waals surface area contributed by atoms with Gasteiger partial charge >= 0.3 is 0 Å². The molecular weight excluding hydrogens is 284 g/mol. The highest BCUT2D eigenvalue weighted by atomic mass is 127. The Labute approximate surface area is 89.4 Å². The van der Waals surface area contributed by atoms with Crippen LogP contribution in [-0.2, 0) is 0 Å². The third-order valence-corrected chi connectivity index (χ3v) is 3.16. The molecule has 0 amide bonds. The van der Waals surface area contributed by atoms with E-state index < -0.39 is 0 Å². The first-order valence-electron chi connectivity index (χ1n) is 4.06. The Morgan fingerprint density at radius 2 is 2.31 bits per heavy atom. The summed E-state index contributed by atoms with van der Waals surface area (Å²) in [7, 11) is 0. The molecule has 0 aliphatic carbocycles. The van der Waals surface area contributed by atoms with Crippen LogP contribution in [0.3, 0.4) is 0 Å². The maximum absolute atomic E-state index is 13.1. The average molecular weight is 293 g/mol. The largest absolute Gasteiger partial charge is 0.492 e. The molecule has 1 atom stereocenters. The Morgan fingerprint density at radius 1 is 1.54 bits per heavy atom. The summed E-state index contributed by atoms with van der Waals surface area (Å²) < 4.78 is 19.0. The van der Waals surface area contributed by atoms with Crippen LogP contribution in [0.1, 0.15) is 18.0 Å². The molecule has 0 spiro atoms. The predicted molar refractivity (Wildman–Crippen MR) is 56.2 cm³/mol. The van der Waals surface area contributed by atoms with Crippen LogP contribution in [0.5, 0.6) is 5.75 Å². The van der Waals surface area contributed by atoms with Crippen LogP contribution in [0.15, 0.2) is 12.1 Å². The number of halogens is 2. The van der Waals surface area contributed by atoms with Crippen molar-refractivity contribution in [3.63, 3.8) is 0 Å². The number of hydrogen-bond acceptors (Lipinski definition) is 2. The van der Waals surface area contributed by atoms with E-state index in [0.717, 1.165) is 12.0 Å². The van der Waals surface area contributed by atoms with Gasteiger partial charge < -0.3 is 10.5 Å². The summed E-state index contributed by atoms with van der Waals surface area (Å²) in [5.41, 5.74) is 6.77. The van der Waals surface area contributed by atoms with Crippen molar-refractivity contribution in [1.29, 1.82) is 0 Å². The third-order valence-electron chi connectivity index (χ3n) is 2.16. The lowest BCUT2D eigenvalue weighted by Gasteiger charge is -2.23. The average Bonchev–Trinajstić information content (AvgIpc) is 2.12. The van der Waals surface area contributed by atoms with Gasteiger partial charge in [0.05, 0.1) is 10.2 Å². The zero-order valence-corrected chi connectivity index (χ0v) is 9.05. The molecule has 13 heavy (non-hydrogen) atoms. The van der Waals surface area contributed by atoms with Crippen LogP contribution in [0.25, 0.3) is 0 Å². The van der Waals surface area contributed by atoms with Gasteiger partial charge in [-0.2, -0.15) is 0 Å². The predicted octanol–water partition coefficient (Wildman–Crippen LogP) is 2.21. The topological polar surface area (TPSA) is 35.2 Å². The molecule has 1 aliphatic rings. The number of rotatable bonds is 0. The zero-order valence-electron chi connectivity index (χ0n) is 6.89. The van der Waals surface area contributed by atoms with Crippen LogP contribution in [0, 0.1) is 9.39 Å². The first kappa shape index (κ1) is 9.21. The molecule has 0 bridgehead atoms. The van der Waals surface area contributed by atoms with Crippen molar-refractivity contribution in [3.8, 4) is 5.75 Å². The number of fused-ring (bicyclic) bond motifs is 1. The minimum atomic E-state index is -0.242. The van der Waals surface area contributed by atoms with E-state index in [9.17, 15) is 4.39 Å². The van der Waals surface area contributed by atoms with E-state index in [0.29, 0.717) is 15.9 Å². The maximum atomic E-state index is 13.1. The third kappa shape index (κ3) is 1.52. The molecule has 0 radical (unpaired) electrons. The van der Waals surface area contributed by atoms with Gasteiger partial charge in [-0.05, 0) is 28.7 Å². The number of benzene rings is 1. The smallest absolute Gasteiger partial charge is 0.140 e. The van der Waals surface area contributed by atoms with Gasteiger partial charge in [0.15, 0.2) is 0 Å². The summed E-state index contributed by atoms with van der Waals surface area (Å²) in [6.07, 6.45) is 0.800. The fraction of sp³-hybridized carbons (Fsp3) is 0.333. The second-order valence-electron chi connectivity index (χ2n) is 3.02. The molecule has 0 unspecified atom stereocenters. The Hall–Kier alpha value is -0.360. The zero-order chi connectivity index (χ0) is 9.42. The monoisotopic (exact) mass is 293 g/mol. The van der Waals surface area contributed by atoms with Crippen molar-refractivity contribution in [1.82, 2.24) is 0 Å². The summed E-state index contributed by atoms with van der Waals surface area (Å²) in [5, 5.41) is 0. The van der Waals surface area contributed by atoms with Crippen LogP contribution in [-0.4, -0.2) is 6.61 Å². The maximum Gasteiger partial charge on any atom is 0.140 e. The van der Waals surface area contributed by atoms with E-state index in [1.165, 1.54) is 6.07 Å². The quantitative estimate of drug-likeness (QED) is 0.744. The summed E-state index contributed by atoms with van der Waals surface area (Å²) >= 11 is 1.94. The molecule has 2 N–H and O–H groups in total. The van der Waals surface area contributed by atoms with Crippen molar-refractivity contribution in [2.45, 2.75) is 12.5 Å². The van der Waals surface area contributed by atoms with Crippen molar-refractivity contribution >= 4 is 22.6 Å². The Kier molecular flexibility index (Phi) is 2.42.